The minimum Gasteiger partial charge on any atom is -0.496 e. The number of hydrogen-bond acceptors (Lipinski definition) is 3. The van der Waals surface area contributed by atoms with Gasteiger partial charge >= 0.3 is 0 Å². The third-order valence-corrected chi connectivity index (χ3v) is 3.09. The number of rotatable bonds is 2. The summed E-state index contributed by atoms with van der Waals surface area (Å²) in [7, 11) is 3.56. The van der Waals surface area contributed by atoms with Gasteiger partial charge in [0.05, 0.1) is 12.8 Å². The average molecular weight is 241 g/mol. The highest BCUT2D eigenvalue weighted by Crippen LogP contribution is 2.28. The lowest BCUT2D eigenvalue weighted by molar-refractivity contribution is 0.412. The van der Waals surface area contributed by atoms with Crippen LogP contribution in [0.3, 0.4) is 0 Å². The van der Waals surface area contributed by atoms with Gasteiger partial charge in [-0.1, -0.05) is 0 Å². The van der Waals surface area contributed by atoms with E-state index in [1.54, 1.807) is 7.11 Å². The molecule has 0 aliphatic heterocycles. The molecule has 2 aromatic rings. The van der Waals surface area contributed by atoms with E-state index >= 15 is 0 Å². The van der Waals surface area contributed by atoms with Crippen LogP contribution in [0.5, 0.6) is 5.75 Å². The number of imidazole rings is 1. The van der Waals surface area contributed by atoms with Gasteiger partial charge in [0.15, 0.2) is 5.69 Å². The van der Waals surface area contributed by atoms with Gasteiger partial charge in [0.1, 0.15) is 17.6 Å². The maximum Gasteiger partial charge on any atom is 0.166 e. The normalized spacial score (nSPS) is 10.2. The molecule has 1 aromatic heterocycles. The van der Waals surface area contributed by atoms with Gasteiger partial charge in [-0.2, -0.15) is 5.26 Å². The van der Waals surface area contributed by atoms with Gasteiger partial charge in [-0.15, -0.1) is 0 Å². The quantitative estimate of drug-likeness (QED) is 0.812. The van der Waals surface area contributed by atoms with Crippen LogP contribution in [-0.4, -0.2) is 16.7 Å². The zero-order valence-corrected chi connectivity index (χ0v) is 11.0. The Morgan fingerprint density at radius 2 is 2.06 bits per heavy atom. The van der Waals surface area contributed by atoms with Crippen LogP contribution in [0.25, 0.3) is 11.3 Å². The first-order chi connectivity index (χ1) is 8.58. The number of hydrogen-bond donors (Lipinski definition) is 0. The molecule has 0 N–H and O–H groups in total. The highest BCUT2D eigenvalue weighted by molar-refractivity contribution is 5.67. The number of nitriles is 1. The molecule has 1 aromatic carbocycles. The molecule has 4 nitrogen and oxygen atoms in total. The molecule has 0 fully saturated rings. The molecule has 0 bridgehead atoms. The van der Waals surface area contributed by atoms with Crippen LogP contribution < -0.4 is 4.74 Å². The molecule has 18 heavy (non-hydrogen) atoms. The summed E-state index contributed by atoms with van der Waals surface area (Å²) >= 11 is 0. The summed E-state index contributed by atoms with van der Waals surface area (Å²) in [5.74, 6) is 1.67. The molecular weight excluding hydrogens is 226 g/mol. The molecular formula is C14H15N3O. The molecule has 0 atom stereocenters. The Morgan fingerprint density at radius 1 is 1.33 bits per heavy atom. The number of aromatic nitrogens is 2. The van der Waals surface area contributed by atoms with Crippen molar-refractivity contribution < 1.29 is 4.74 Å². The Bertz CT molecular complexity index is 635. The van der Waals surface area contributed by atoms with Crippen LogP contribution in [0.2, 0.25) is 0 Å². The lowest BCUT2D eigenvalue weighted by Crippen LogP contribution is -1.96. The SMILES string of the molecule is COc1ccc(-c2c(C#N)nc(C)n2C)cc1C. The van der Waals surface area contributed by atoms with Crippen molar-refractivity contribution in [2.75, 3.05) is 7.11 Å². The predicted molar refractivity (Wildman–Crippen MR) is 69.4 cm³/mol. The second-order valence-corrected chi connectivity index (χ2v) is 4.21. The van der Waals surface area contributed by atoms with Gasteiger partial charge in [0.2, 0.25) is 0 Å². The summed E-state index contributed by atoms with van der Waals surface area (Å²) < 4.78 is 7.17. The second kappa shape index (κ2) is 4.53. The van der Waals surface area contributed by atoms with Crippen molar-refractivity contribution >= 4 is 0 Å². The molecule has 0 aliphatic carbocycles. The van der Waals surface area contributed by atoms with E-state index in [0.717, 1.165) is 28.4 Å². The molecule has 0 unspecified atom stereocenters. The fourth-order valence-electron chi connectivity index (χ4n) is 2.04. The molecule has 0 amide bonds. The van der Waals surface area contributed by atoms with Crippen molar-refractivity contribution in [3.63, 3.8) is 0 Å². The fraction of sp³-hybridized carbons (Fsp3) is 0.286. The monoisotopic (exact) mass is 241 g/mol. The third-order valence-electron chi connectivity index (χ3n) is 3.09. The number of methoxy groups -OCH3 is 1. The molecule has 0 spiro atoms. The van der Waals surface area contributed by atoms with E-state index in [0.29, 0.717) is 5.69 Å². The van der Waals surface area contributed by atoms with Crippen LogP contribution in [0, 0.1) is 25.2 Å². The summed E-state index contributed by atoms with van der Waals surface area (Å²) in [5, 5.41) is 9.14. The van der Waals surface area contributed by atoms with E-state index in [1.807, 2.05) is 43.7 Å². The molecule has 0 radical (unpaired) electrons. The minimum atomic E-state index is 0.458. The topological polar surface area (TPSA) is 50.8 Å². The van der Waals surface area contributed by atoms with Crippen molar-refractivity contribution in [1.29, 1.82) is 5.26 Å². The summed E-state index contributed by atoms with van der Waals surface area (Å²) in [6.45, 7) is 3.87. The molecule has 92 valence electrons. The van der Waals surface area contributed by atoms with Crippen molar-refractivity contribution in [1.82, 2.24) is 9.55 Å². The maximum atomic E-state index is 9.14. The van der Waals surface area contributed by atoms with Crippen LogP contribution in [0.15, 0.2) is 18.2 Å². The molecule has 0 saturated heterocycles. The average Bonchev–Trinajstić information content (AvgIpc) is 2.65. The lowest BCUT2D eigenvalue weighted by Gasteiger charge is -2.08. The Balaban J connectivity index is 2.63. The smallest absolute Gasteiger partial charge is 0.166 e. The van der Waals surface area contributed by atoms with E-state index in [9.17, 15) is 0 Å². The number of aryl methyl sites for hydroxylation is 2. The van der Waals surface area contributed by atoms with Gasteiger partial charge in [-0.25, -0.2) is 4.98 Å². The van der Waals surface area contributed by atoms with Crippen LogP contribution in [0.1, 0.15) is 17.1 Å². The van der Waals surface area contributed by atoms with E-state index in [2.05, 4.69) is 11.1 Å². The summed E-state index contributed by atoms with van der Waals surface area (Å²) in [4.78, 5) is 4.25. The maximum absolute atomic E-state index is 9.14. The molecule has 1 heterocycles. The van der Waals surface area contributed by atoms with E-state index < -0.39 is 0 Å². The predicted octanol–water partition coefficient (Wildman–Crippen LogP) is 2.58. The van der Waals surface area contributed by atoms with E-state index in [-0.39, 0.29) is 0 Å². The summed E-state index contributed by atoms with van der Waals surface area (Å²) in [6.07, 6.45) is 0. The standard InChI is InChI=1S/C14H15N3O/c1-9-7-11(5-6-13(9)18-4)14-12(8-15)16-10(2)17(14)3/h5-7H,1-4H3. The van der Waals surface area contributed by atoms with E-state index in [1.165, 1.54) is 0 Å². The first kappa shape index (κ1) is 12.2. The van der Waals surface area contributed by atoms with Gasteiger partial charge in [0, 0.05) is 12.6 Å². The zero-order valence-electron chi connectivity index (χ0n) is 11.0. The van der Waals surface area contributed by atoms with Gasteiger partial charge in [-0.3, -0.25) is 0 Å². The number of nitrogens with zero attached hydrogens (tertiary/aromatic N) is 3. The van der Waals surface area contributed by atoms with Gasteiger partial charge in [0.25, 0.3) is 0 Å². The molecule has 2 rings (SSSR count). The van der Waals surface area contributed by atoms with Crippen molar-refractivity contribution in [3.8, 4) is 23.1 Å². The Labute approximate surface area is 106 Å². The van der Waals surface area contributed by atoms with Crippen LogP contribution >= 0.6 is 0 Å². The first-order valence-corrected chi connectivity index (χ1v) is 5.67. The third kappa shape index (κ3) is 1.84. The summed E-state index contributed by atoms with van der Waals surface area (Å²) in [5.41, 5.74) is 3.33. The minimum absolute atomic E-state index is 0.458. The highest BCUT2D eigenvalue weighted by Gasteiger charge is 2.14. The Morgan fingerprint density at radius 3 is 2.61 bits per heavy atom. The highest BCUT2D eigenvalue weighted by atomic mass is 16.5. The lowest BCUT2D eigenvalue weighted by atomic mass is 10.1. The van der Waals surface area contributed by atoms with E-state index in [4.69, 9.17) is 10.00 Å². The van der Waals surface area contributed by atoms with Crippen LogP contribution in [-0.2, 0) is 7.05 Å². The number of ether oxygens (including phenoxy) is 1. The fourth-order valence-corrected chi connectivity index (χ4v) is 2.04. The molecule has 0 aliphatic rings. The molecule has 4 heteroatoms. The Hall–Kier alpha value is -2.28. The largest absolute Gasteiger partial charge is 0.496 e. The Kier molecular flexibility index (Phi) is 3.07. The molecule has 0 saturated carbocycles. The van der Waals surface area contributed by atoms with Crippen molar-refractivity contribution in [2.45, 2.75) is 13.8 Å². The van der Waals surface area contributed by atoms with Gasteiger partial charge in [-0.05, 0) is 37.6 Å². The second-order valence-electron chi connectivity index (χ2n) is 4.21. The summed E-state index contributed by atoms with van der Waals surface area (Å²) in [6, 6.07) is 8.01. The first-order valence-electron chi connectivity index (χ1n) is 5.67. The van der Waals surface area contributed by atoms with Gasteiger partial charge < -0.3 is 9.30 Å². The van der Waals surface area contributed by atoms with Crippen LogP contribution in [0.4, 0.5) is 0 Å². The zero-order chi connectivity index (χ0) is 13.3. The van der Waals surface area contributed by atoms with Crippen molar-refractivity contribution in [2.24, 2.45) is 7.05 Å². The number of benzene rings is 1. The van der Waals surface area contributed by atoms with Crippen molar-refractivity contribution in [3.05, 3.63) is 35.3 Å².